The Hall–Kier alpha value is -2.18. The van der Waals surface area contributed by atoms with Crippen molar-refractivity contribution < 1.29 is 13.2 Å². The minimum atomic E-state index is -3.37. The fourth-order valence-electron chi connectivity index (χ4n) is 4.69. The van der Waals surface area contributed by atoms with Gasteiger partial charge in [0.05, 0.1) is 10.9 Å². The van der Waals surface area contributed by atoms with E-state index in [0.717, 1.165) is 38.0 Å². The summed E-state index contributed by atoms with van der Waals surface area (Å²) in [7, 11) is -3.37. The van der Waals surface area contributed by atoms with Crippen LogP contribution in [0.25, 0.3) is 0 Å². The van der Waals surface area contributed by atoms with Crippen molar-refractivity contribution in [3.63, 3.8) is 0 Å². The molecule has 1 aliphatic heterocycles. The van der Waals surface area contributed by atoms with Crippen molar-refractivity contribution in [2.75, 3.05) is 6.54 Å². The highest BCUT2D eigenvalue weighted by Crippen LogP contribution is 2.32. The first-order valence-corrected chi connectivity index (χ1v) is 14.8. The zero-order valence-corrected chi connectivity index (χ0v) is 22.2. The van der Waals surface area contributed by atoms with Gasteiger partial charge in [-0.1, -0.05) is 100 Å². The Morgan fingerprint density at radius 1 is 0.857 bits per heavy atom. The predicted molar refractivity (Wildman–Crippen MR) is 144 cm³/mol. The third kappa shape index (κ3) is 8.76. The van der Waals surface area contributed by atoms with Crippen LogP contribution >= 0.6 is 0 Å². The molecule has 0 amide bonds. The van der Waals surface area contributed by atoms with Gasteiger partial charge in [-0.15, -0.1) is 0 Å². The Morgan fingerprint density at radius 2 is 1.43 bits per heavy atom. The monoisotopic (exact) mass is 498 g/mol. The summed E-state index contributed by atoms with van der Waals surface area (Å²) in [5, 5.41) is 0. The molecule has 0 saturated carbocycles. The highest BCUT2D eigenvalue weighted by molar-refractivity contribution is 7.89. The van der Waals surface area contributed by atoms with Gasteiger partial charge < -0.3 is 4.74 Å². The van der Waals surface area contributed by atoms with Crippen LogP contribution < -0.4 is 4.72 Å². The van der Waals surface area contributed by atoms with Gasteiger partial charge in [-0.2, -0.15) is 0 Å². The maximum absolute atomic E-state index is 12.2. The van der Waals surface area contributed by atoms with Gasteiger partial charge in [0.1, 0.15) is 6.10 Å². The van der Waals surface area contributed by atoms with E-state index in [1.54, 1.807) is 24.3 Å². The molecule has 0 aromatic heterocycles. The van der Waals surface area contributed by atoms with Crippen molar-refractivity contribution in [1.82, 2.24) is 4.72 Å². The van der Waals surface area contributed by atoms with E-state index in [2.05, 4.69) is 42.8 Å². The number of rotatable bonds is 16. The fourth-order valence-corrected chi connectivity index (χ4v) is 5.78. The molecule has 2 aromatic carbocycles. The third-order valence-electron chi connectivity index (χ3n) is 6.81. The molecule has 192 valence electrons. The first-order chi connectivity index (χ1) is 17.0. The van der Waals surface area contributed by atoms with Crippen molar-refractivity contribution >= 4 is 15.9 Å². The maximum Gasteiger partial charge on any atom is 0.240 e. The second kappa shape index (κ2) is 14.4. The molecule has 0 saturated heterocycles. The summed E-state index contributed by atoms with van der Waals surface area (Å²) in [6, 6.07) is 19.2. The molecule has 6 heteroatoms. The quantitative estimate of drug-likeness (QED) is 0.252. The number of ether oxygens (including phenoxy) is 1. The largest absolute Gasteiger partial charge is 0.470 e. The normalized spacial score (nSPS) is 18.7. The molecule has 1 aliphatic rings. The highest BCUT2D eigenvalue weighted by Gasteiger charge is 2.31. The van der Waals surface area contributed by atoms with E-state index in [1.807, 2.05) is 12.1 Å². The van der Waals surface area contributed by atoms with Crippen LogP contribution in [0.5, 0.6) is 0 Å². The first kappa shape index (κ1) is 27.4. The Labute approximate surface area is 212 Å². The molecule has 1 N–H and O–H groups in total. The zero-order chi connectivity index (χ0) is 24.9. The highest BCUT2D eigenvalue weighted by atomic mass is 32.2. The van der Waals surface area contributed by atoms with Crippen LogP contribution in [-0.4, -0.2) is 26.9 Å². The van der Waals surface area contributed by atoms with Gasteiger partial charge >= 0.3 is 0 Å². The lowest BCUT2D eigenvalue weighted by molar-refractivity contribution is 0.187. The van der Waals surface area contributed by atoms with Crippen LogP contribution in [0.2, 0.25) is 0 Å². The number of benzene rings is 2. The first-order valence-electron chi connectivity index (χ1n) is 13.3. The van der Waals surface area contributed by atoms with Gasteiger partial charge in [-0.25, -0.2) is 18.1 Å². The second-order valence-corrected chi connectivity index (χ2v) is 11.4. The summed E-state index contributed by atoms with van der Waals surface area (Å²) in [6.45, 7) is 4.89. The number of hydrogen-bond acceptors (Lipinski definition) is 4. The molecule has 35 heavy (non-hydrogen) atoms. The van der Waals surface area contributed by atoms with E-state index in [-0.39, 0.29) is 12.1 Å². The third-order valence-corrected chi connectivity index (χ3v) is 8.29. The van der Waals surface area contributed by atoms with Gasteiger partial charge in [0, 0.05) is 12.5 Å². The van der Waals surface area contributed by atoms with E-state index in [1.165, 1.54) is 37.7 Å². The predicted octanol–water partition coefficient (Wildman–Crippen LogP) is 7.06. The molecule has 3 atom stereocenters. The van der Waals surface area contributed by atoms with Crippen LogP contribution in [0.15, 0.2) is 70.6 Å². The molecule has 5 nitrogen and oxygen atoms in total. The molecule has 0 spiro atoms. The van der Waals surface area contributed by atoms with E-state index in [4.69, 9.17) is 9.73 Å². The molecule has 0 fully saturated rings. The molecule has 0 unspecified atom stereocenters. The van der Waals surface area contributed by atoms with Gasteiger partial charge in [0.25, 0.3) is 0 Å². The summed E-state index contributed by atoms with van der Waals surface area (Å²) < 4.78 is 33.4. The molecule has 0 radical (unpaired) electrons. The molecule has 0 aliphatic carbocycles. The molecule has 1 heterocycles. The summed E-state index contributed by atoms with van der Waals surface area (Å²) in [5.74, 6) is 1.38. The number of hydrogen-bond donors (Lipinski definition) is 1. The van der Waals surface area contributed by atoms with E-state index in [0.29, 0.717) is 17.4 Å². The number of nitrogens with one attached hydrogen (secondary N) is 1. The van der Waals surface area contributed by atoms with Crippen molar-refractivity contribution in [2.45, 2.75) is 95.1 Å². The molecule has 3 rings (SSSR count). The van der Waals surface area contributed by atoms with Crippen LogP contribution in [0.1, 0.15) is 89.7 Å². The minimum absolute atomic E-state index is 0.0499. The van der Waals surface area contributed by atoms with Gasteiger partial charge in [-0.05, 0) is 43.9 Å². The topological polar surface area (TPSA) is 67.8 Å². The number of aliphatic imine (C=N–C) groups is 1. The molecule has 0 bridgehead atoms. The van der Waals surface area contributed by atoms with Crippen LogP contribution in [0.3, 0.4) is 0 Å². The molecule has 2 aromatic rings. The Bertz CT molecular complexity index is 993. The summed E-state index contributed by atoms with van der Waals surface area (Å²) >= 11 is 0. The lowest BCUT2D eigenvalue weighted by atomic mass is 9.97. The Morgan fingerprint density at radius 3 is 2.06 bits per heavy atom. The lowest BCUT2D eigenvalue weighted by Crippen LogP contribution is -2.24. The maximum atomic E-state index is 12.2. The standard InChI is InChI=1S/C29H42N2O3S/c1-3-25(29-31-24(2)28(34-29)26-19-13-10-14-20-26)18-12-8-6-4-5-7-9-17-23-30-35(32,33)27-21-15-11-16-22-27/h10-11,13-16,19-22,24-25,28,30H,3-9,12,17-18,23H2,1-2H3/t24-,25+,28-/m0/s1. The van der Waals surface area contributed by atoms with E-state index < -0.39 is 10.0 Å². The van der Waals surface area contributed by atoms with Crippen molar-refractivity contribution in [1.29, 1.82) is 0 Å². The number of unbranched alkanes of at least 4 members (excludes halogenated alkanes) is 7. The van der Waals surface area contributed by atoms with Crippen molar-refractivity contribution in [2.24, 2.45) is 10.9 Å². The number of nitrogens with zero attached hydrogens (tertiary/aromatic N) is 1. The lowest BCUT2D eigenvalue weighted by Gasteiger charge is -2.18. The zero-order valence-electron chi connectivity index (χ0n) is 21.4. The van der Waals surface area contributed by atoms with Crippen molar-refractivity contribution in [3.05, 3.63) is 66.2 Å². The van der Waals surface area contributed by atoms with E-state index >= 15 is 0 Å². The van der Waals surface area contributed by atoms with Crippen LogP contribution in [0.4, 0.5) is 0 Å². The SMILES string of the molecule is CC[C@H](CCCCCCCCCCNS(=O)(=O)c1ccccc1)C1=N[C@@H](C)[C@@H](c2ccccc2)O1. The second-order valence-electron chi connectivity index (χ2n) is 9.59. The Balaban J connectivity index is 1.22. The summed E-state index contributed by atoms with van der Waals surface area (Å²) in [6.07, 6.45) is 11.6. The van der Waals surface area contributed by atoms with Crippen LogP contribution in [0, 0.1) is 5.92 Å². The summed E-state index contributed by atoms with van der Waals surface area (Å²) in [5.41, 5.74) is 1.21. The molecular weight excluding hydrogens is 456 g/mol. The fraction of sp³-hybridized carbons (Fsp3) is 0.552. The average molecular weight is 499 g/mol. The van der Waals surface area contributed by atoms with Gasteiger partial charge in [-0.3, -0.25) is 0 Å². The van der Waals surface area contributed by atoms with E-state index in [9.17, 15) is 8.42 Å². The molecular formula is C29H42N2O3S. The number of sulfonamides is 1. The average Bonchev–Trinajstić information content (AvgIpc) is 3.27. The van der Waals surface area contributed by atoms with Crippen molar-refractivity contribution in [3.8, 4) is 0 Å². The minimum Gasteiger partial charge on any atom is -0.470 e. The smallest absolute Gasteiger partial charge is 0.240 e. The Kier molecular flexibility index (Phi) is 11.3. The van der Waals surface area contributed by atoms with Gasteiger partial charge in [0.2, 0.25) is 10.0 Å². The van der Waals surface area contributed by atoms with Crippen LogP contribution in [-0.2, 0) is 14.8 Å². The van der Waals surface area contributed by atoms with Gasteiger partial charge in [0.15, 0.2) is 5.90 Å². The summed E-state index contributed by atoms with van der Waals surface area (Å²) in [4.78, 5) is 5.20.